The van der Waals surface area contributed by atoms with E-state index in [1.807, 2.05) is 0 Å². The van der Waals surface area contributed by atoms with Gasteiger partial charge >= 0.3 is 0 Å². The molecule has 0 radical (unpaired) electrons. The zero-order chi connectivity index (χ0) is 21.8. The van der Waals surface area contributed by atoms with Gasteiger partial charge in [-0.15, -0.1) is 0 Å². The lowest BCUT2D eigenvalue weighted by atomic mass is 9.43. The molecular weight excluding hydrogens is 368 g/mol. The van der Waals surface area contributed by atoms with Crippen molar-refractivity contribution >= 4 is 0 Å². The van der Waals surface area contributed by atoms with Gasteiger partial charge in [0.1, 0.15) is 0 Å². The van der Waals surface area contributed by atoms with Gasteiger partial charge in [0.05, 0.1) is 12.2 Å². The van der Waals surface area contributed by atoms with Crippen LogP contribution in [0.4, 0.5) is 0 Å². The Labute approximate surface area is 186 Å². The SMILES string of the molecule is CC(C)[C@@H](C)CC[C@@H](C)C1CCC2[C@H]3CC[C@H]4CC(O)CCC4(C)C3[C@H](O)CC21C. The average molecular weight is 419 g/mol. The standard InChI is InChI=1S/C28H50O2/c1-17(2)18(3)7-8-19(4)23-11-12-24-22-10-9-20-15-21(29)13-14-27(20,5)26(22)25(30)16-28(23,24)6/h17-26,29-30H,7-16H2,1-6H3/t18-,19+,20-,21?,22+,23?,24?,25+,26?,27?,28?/m0/s1. The third-order valence-electron chi connectivity index (χ3n) is 11.5. The molecule has 0 spiro atoms. The molecule has 30 heavy (non-hydrogen) atoms. The second-order valence-electron chi connectivity index (χ2n) is 13.2. The quantitative estimate of drug-likeness (QED) is 0.522. The van der Waals surface area contributed by atoms with Crippen molar-refractivity contribution in [1.82, 2.24) is 0 Å². The Hall–Kier alpha value is -0.0800. The van der Waals surface area contributed by atoms with Crippen LogP contribution < -0.4 is 0 Å². The van der Waals surface area contributed by atoms with Crippen LogP contribution in [0.15, 0.2) is 0 Å². The summed E-state index contributed by atoms with van der Waals surface area (Å²) in [6.45, 7) is 14.7. The van der Waals surface area contributed by atoms with Crippen LogP contribution in [0.1, 0.15) is 106 Å². The molecule has 2 heteroatoms. The fourth-order valence-corrected chi connectivity index (χ4v) is 9.39. The normalized spacial score (nSPS) is 50.5. The highest BCUT2D eigenvalue weighted by atomic mass is 16.3. The monoisotopic (exact) mass is 418 g/mol. The minimum absolute atomic E-state index is 0.101. The molecule has 6 unspecified atom stereocenters. The summed E-state index contributed by atoms with van der Waals surface area (Å²) in [5, 5.41) is 21.9. The first-order valence-corrected chi connectivity index (χ1v) is 13.4. The van der Waals surface area contributed by atoms with E-state index in [1.54, 1.807) is 0 Å². The van der Waals surface area contributed by atoms with Crippen molar-refractivity contribution in [2.75, 3.05) is 0 Å². The van der Waals surface area contributed by atoms with Gasteiger partial charge in [-0.05, 0) is 110 Å². The van der Waals surface area contributed by atoms with Gasteiger partial charge in [0, 0.05) is 0 Å². The maximum atomic E-state index is 11.6. The van der Waals surface area contributed by atoms with Crippen molar-refractivity contribution < 1.29 is 10.2 Å². The van der Waals surface area contributed by atoms with E-state index in [0.717, 1.165) is 55.3 Å². The zero-order valence-corrected chi connectivity index (χ0v) is 20.7. The molecule has 0 aromatic carbocycles. The predicted octanol–water partition coefficient (Wildman–Crippen LogP) is 6.69. The van der Waals surface area contributed by atoms with E-state index in [1.165, 1.54) is 38.5 Å². The summed E-state index contributed by atoms with van der Waals surface area (Å²) in [5.74, 6) is 5.78. The first kappa shape index (κ1) is 23.1. The molecule has 0 heterocycles. The molecule has 0 aromatic heterocycles. The number of rotatable bonds is 5. The third-order valence-corrected chi connectivity index (χ3v) is 11.5. The van der Waals surface area contributed by atoms with E-state index in [9.17, 15) is 10.2 Å². The van der Waals surface area contributed by atoms with Gasteiger partial charge in [0.25, 0.3) is 0 Å². The molecular formula is C28H50O2. The Balaban J connectivity index is 1.51. The van der Waals surface area contributed by atoms with Crippen LogP contribution in [0.2, 0.25) is 0 Å². The van der Waals surface area contributed by atoms with Crippen molar-refractivity contribution in [1.29, 1.82) is 0 Å². The molecule has 11 atom stereocenters. The van der Waals surface area contributed by atoms with Gasteiger partial charge in [-0.2, -0.15) is 0 Å². The molecule has 0 saturated heterocycles. The van der Waals surface area contributed by atoms with Crippen molar-refractivity contribution in [3.63, 3.8) is 0 Å². The minimum atomic E-state index is -0.137. The fourth-order valence-electron chi connectivity index (χ4n) is 9.39. The number of fused-ring (bicyclic) bond motifs is 5. The summed E-state index contributed by atoms with van der Waals surface area (Å²) in [6, 6.07) is 0. The summed E-state index contributed by atoms with van der Waals surface area (Å²) in [5.41, 5.74) is 0.581. The van der Waals surface area contributed by atoms with E-state index in [4.69, 9.17) is 0 Å². The van der Waals surface area contributed by atoms with Crippen molar-refractivity contribution in [2.24, 2.45) is 58.2 Å². The summed E-state index contributed by atoms with van der Waals surface area (Å²) in [7, 11) is 0. The lowest BCUT2D eigenvalue weighted by Crippen LogP contribution is -2.59. The van der Waals surface area contributed by atoms with Gasteiger partial charge < -0.3 is 10.2 Å². The molecule has 2 nitrogen and oxygen atoms in total. The number of aliphatic hydroxyl groups excluding tert-OH is 2. The van der Waals surface area contributed by atoms with E-state index in [-0.39, 0.29) is 17.6 Å². The average Bonchev–Trinajstić information content (AvgIpc) is 3.02. The molecule has 0 aromatic rings. The van der Waals surface area contributed by atoms with Crippen LogP contribution in [0.25, 0.3) is 0 Å². The predicted molar refractivity (Wildman–Crippen MR) is 125 cm³/mol. The Kier molecular flexibility index (Phi) is 6.44. The smallest absolute Gasteiger partial charge is 0.0581 e. The molecule has 0 aliphatic heterocycles. The van der Waals surface area contributed by atoms with Gasteiger partial charge in [-0.1, -0.05) is 54.4 Å². The molecule has 0 bridgehead atoms. The minimum Gasteiger partial charge on any atom is -0.393 e. The second-order valence-corrected chi connectivity index (χ2v) is 13.2. The van der Waals surface area contributed by atoms with Crippen molar-refractivity contribution in [3.05, 3.63) is 0 Å². The van der Waals surface area contributed by atoms with Crippen molar-refractivity contribution in [3.8, 4) is 0 Å². The first-order valence-electron chi connectivity index (χ1n) is 13.4. The molecule has 2 N–H and O–H groups in total. The fraction of sp³-hybridized carbons (Fsp3) is 1.00. The Morgan fingerprint density at radius 1 is 0.867 bits per heavy atom. The van der Waals surface area contributed by atoms with E-state index < -0.39 is 0 Å². The van der Waals surface area contributed by atoms with Crippen LogP contribution in [0.3, 0.4) is 0 Å². The highest BCUT2D eigenvalue weighted by molar-refractivity contribution is 5.12. The van der Waals surface area contributed by atoms with E-state index in [0.29, 0.717) is 23.2 Å². The Morgan fingerprint density at radius 3 is 2.30 bits per heavy atom. The van der Waals surface area contributed by atoms with Gasteiger partial charge in [0.15, 0.2) is 0 Å². The lowest BCUT2D eigenvalue weighted by molar-refractivity contribution is -0.179. The number of aliphatic hydroxyl groups is 2. The zero-order valence-electron chi connectivity index (χ0n) is 20.7. The molecule has 4 rings (SSSR count). The summed E-state index contributed by atoms with van der Waals surface area (Å²) < 4.78 is 0. The molecule has 0 amide bonds. The maximum absolute atomic E-state index is 11.6. The molecule has 4 fully saturated rings. The molecule has 174 valence electrons. The van der Waals surface area contributed by atoms with Crippen LogP contribution in [-0.4, -0.2) is 22.4 Å². The largest absolute Gasteiger partial charge is 0.393 e. The maximum Gasteiger partial charge on any atom is 0.0581 e. The first-order chi connectivity index (χ1) is 14.1. The second kappa shape index (κ2) is 8.36. The van der Waals surface area contributed by atoms with Crippen LogP contribution in [0.5, 0.6) is 0 Å². The number of hydrogen-bond acceptors (Lipinski definition) is 2. The Morgan fingerprint density at radius 2 is 1.60 bits per heavy atom. The molecule has 4 aliphatic carbocycles. The van der Waals surface area contributed by atoms with Gasteiger partial charge in [0.2, 0.25) is 0 Å². The van der Waals surface area contributed by atoms with Crippen LogP contribution in [0, 0.1) is 58.2 Å². The topological polar surface area (TPSA) is 40.5 Å². The summed E-state index contributed by atoms with van der Waals surface area (Å²) >= 11 is 0. The summed E-state index contributed by atoms with van der Waals surface area (Å²) in [4.78, 5) is 0. The highest BCUT2D eigenvalue weighted by Gasteiger charge is 2.63. The lowest BCUT2D eigenvalue weighted by Gasteiger charge is -2.62. The number of hydrogen-bond donors (Lipinski definition) is 2. The van der Waals surface area contributed by atoms with Gasteiger partial charge in [-0.3, -0.25) is 0 Å². The highest BCUT2D eigenvalue weighted by Crippen LogP contribution is 2.68. The molecule has 4 saturated carbocycles. The van der Waals surface area contributed by atoms with E-state index >= 15 is 0 Å². The van der Waals surface area contributed by atoms with Crippen LogP contribution >= 0.6 is 0 Å². The van der Waals surface area contributed by atoms with Crippen LogP contribution in [-0.2, 0) is 0 Å². The van der Waals surface area contributed by atoms with Gasteiger partial charge in [-0.25, -0.2) is 0 Å². The molecule has 4 aliphatic rings. The third kappa shape index (κ3) is 3.70. The van der Waals surface area contributed by atoms with Crippen molar-refractivity contribution in [2.45, 2.75) is 118 Å². The Bertz CT molecular complexity index is 601. The van der Waals surface area contributed by atoms with E-state index in [2.05, 4.69) is 41.5 Å². The summed E-state index contributed by atoms with van der Waals surface area (Å²) in [6.07, 6.45) is 11.9.